The summed E-state index contributed by atoms with van der Waals surface area (Å²) >= 11 is 1.30. The SMILES string of the molecule is CC(C)c1ccc(OCc2nnc(SCC(=O)N3CCN(C(C)c4ccccc4)CC3)n2N)cc1. The van der Waals surface area contributed by atoms with Gasteiger partial charge in [-0.3, -0.25) is 9.69 Å². The molecule has 1 aliphatic rings. The molecule has 0 aliphatic carbocycles. The Kier molecular flexibility index (Phi) is 8.30. The van der Waals surface area contributed by atoms with E-state index in [9.17, 15) is 4.79 Å². The molecule has 0 bridgehead atoms. The van der Waals surface area contributed by atoms with Crippen molar-refractivity contribution in [2.45, 2.75) is 44.5 Å². The van der Waals surface area contributed by atoms with E-state index < -0.39 is 0 Å². The fourth-order valence-electron chi connectivity index (χ4n) is 4.12. The van der Waals surface area contributed by atoms with Crippen molar-refractivity contribution in [3.05, 3.63) is 71.5 Å². The Morgan fingerprint density at radius 3 is 2.31 bits per heavy atom. The number of benzene rings is 2. The summed E-state index contributed by atoms with van der Waals surface area (Å²) in [7, 11) is 0. The van der Waals surface area contributed by atoms with Gasteiger partial charge in [0.25, 0.3) is 0 Å². The Morgan fingerprint density at radius 1 is 0.971 bits per heavy atom. The van der Waals surface area contributed by atoms with Crippen LogP contribution in [0.3, 0.4) is 0 Å². The van der Waals surface area contributed by atoms with Crippen LogP contribution in [0, 0.1) is 0 Å². The largest absolute Gasteiger partial charge is 0.486 e. The second kappa shape index (κ2) is 11.6. The van der Waals surface area contributed by atoms with E-state index in [0.717, 1.165) is 31.9 Å². The van der Waals surface area contributed by atoms with Crippen molar-refractivity contribution >= 4 is 17.7 Å². The van der Waals surface area contributed by atoms with Gasteiger partial charge in [-0.1, -0.05) is 68.1 Å². The monoisotopic (exact) mass is 494 g/mol. The van der Waals surface area contributed by atoms with Crippen LogP contribution < -0.4 is 10.6 Å². The number of rotatable bonds is 9. The first-order chi connectivity index (χ1) is 16.9. The molecule has 1 fully saturated rings. The first-order valence-electron chi connectivity index (χ1n) is 12.0. The summed E-state index contributed by atoms with van der Waals surface area (Å²) in [5, 5.41) is 8.78. The molecule has 1 unspecified atom stereocenters. The van der Waals surface area contributed by atoms with Crippen LogP contribution in [0.2, 0.25) is 0 Å². The number of nitrogen functional groups attached to an aromatic ring is 1. The molecule has 4 rings (SSSR count). The zero-order valence-corrected chi connectivity index (χ0v) is 21.4. The third-order valence-electron chi connectivity index (χ3n) is 6.47. The Hall–Kier alpha value is -3.04. The number of amides is 1. The molecule has 2 heterocycles. The first-order valence-corrected chi connectivity index (χ1v) is 13.0. The van der Waals surface area contributed by atoms with Gasteiger partial charge in [0.15, 0.2) is 5.82 Å². The van der Waals surface area contributed by atoms with E-state index in [0.29, 0.717) is 22.9 Å². The van der Waals surface area contributed by atoms with Gasteiger partial charge in [0.1, 0.15) is 12.4 Å². The Morgan fingerprint density at radius 2 is 1.66 bits per heavy atom. The lowest BCUT2D eigenvalue weighted by Crippen LogP contribution is -2.49. The van der Waals surface area contributed by atoms with E-state index in [4.69, 9.17) is 10.6 Å². The minimum atomic E-state index is 0.0908. The number of aromatic nitrogens is 3. The average Bonchev–Trinajstić information content (AvgIpc) is 3.25. The van der Waals surface area contributed by atoms with Crippen LogP contribution in [0.4, 0.5) is 0 Å². The number of nitrogens with zero attached hydrogens (tertiary/aromatic N) is 5. The maximum atomic E-state index is 12.8. The molecule has 1 amide bonds. The van der Waals surface area contributed by atoms with Crippen molar-refractivity contribution in [2.75, 3.05) is 37.8 Å². The van der Waals surface area contributed by atoms with E-state index in [-0.39, 0.29) is 18.3 Å². The summed E-state index contributed by atoms with van der Waals surface area (Å²) in [4.78, 5) is 17.1. The molecule has 0 radical (unpaired) electrons. The van der Waals surface area contributed by atoms with Gasteiger partial charge < -0.3 is 15.5 Å². The van der Waals surface area contributed by atoms with E-state index in [1.54, 1.807) is 0 Å². The van der Waals surface area contributed by atoms with Gasteiger partial charge in [-0.2, -0.15) is 0 Å². The predicted molar refractivity (Wildman–Crippen MR) is 139 cm³/mol. The molecule has 1 atom stereocenters. The summed E-state index contributed by atoms with van der Waals surface area (Å²) in [5.41, 5.74) is 2.56. The lowest BCUT2D eigenvalue weighted by atomic mass is 10.0. The molecule has 2 aromatic carbocycles. The Balaban J connectivity index is 1.23. The van der Waals surface area contributed by atoms with Gasteiger partial charge in [-0.15, -0.1) is 10.2 Å². The standard InChI is InChI=1S/C26H34N6O2S/c1-19(2)21-9-11-23(12-10-21)34-17-24-28-29-26(32(24)27)35-18-25(33)31-15-13-30(14-16-31)20(3)22-7-5-4-6-8-22/h4-12,19-20H,13-18,27H2,1-3H3. The summed E-state index contributed by atoms with van der Waals surface area (Å²) in [6.45, 7) is 9.91. The van der Waals surface area contributed by atoms with Gasteiger partial charge in [0.2, 0.25) is 11.1 Å². The van der Waals surface area contributed by atoms with Crippen LogP contribution in [0.25, 0.3) is 0 Å². The third-order valence-corrected chi connectivity index (χ3v) is 7.40. The molecular weight excluding hydrogens is 460 g/mol. The molecule has 0 saturated carbocycles. The van der Waals surface area contributed by atoms with Crippen LogP contribution >= 0.6 is 11.8 Å². The lowest BCUT2D eigenvalue weighted by Gasteiger charge is -2.38. The zero-order chi connectivity index (χ0) is 24.8. The quantitative estimate of drug-likeness (QED) is 0.358. The number of carbonyl (C=O) groups is 1. The molecule has 35 heavy (non-hydrogen) atoms. The topological polar surface area (TPSA) is 89.5 Å². The highest BCUT2D eigenvalue weighted by atomic mass is 32.2. The number of nitrogens with two attached hydrogens (primary N) is 1. The number of carbonyl (C=O) groups excluding carboxylic acids is 1. The molecule has 0 spiro atoms. The van der Waals surface area contributed by atoms with E-state index in [2.05, 4.69) is 72.3 Å². The minimum Gasteiger partial charge on any atom is -0.486 e. The van der Waals surface area contributed by atoms with Crippen molar-refractivity contribution in [2.24, 2.45) is 0 Å². The van der Waals surface area contributed by atoms with Crippen molar-refractivity contribution in [3.8, 4) is 5.75 Å². The maximum absolute atomic E-state index is 12.8. The highest BCUT2D eigenvalue weighted by Gasteiger charge is 2.25. The molecule has 2 N–H and O–H groups in total. The number of piperazine rings is 1. The zero-order valence-electron chi connectivity index (χ0n) is 20.6. The maximum Gasteiger partial charge on any atom is 0.233 e. The molecule has 8 nitrogen and oxygen atoms in total. The summed E-state index contributed by atoms with van der Waals surface area (Å²) in [5.74, 6) is 8.27. The predicted octanol–water partition coefficient (Wildman–Crippen LogP) is 3.69. The van der Waals surface area contributed by atoms with Crippen LogP contribution in [0.15, 0.2) is 59.8 Å². The first kappa shape index (κ1) is 25.1. The normalized spacial score (nSPS) is 15.4. The molecule has 1 saturated heterocycles. The molecule has 186 valence electrons. The van der Waals surface area contributed by atoms with Gasteiger partial charge in [0.05, 0.1) is 5.75 Å². The van der Waals surface area contributed by atoms with Crippen LogP contribution in [0.1, 0.15) is 49.7 Å². The van der Waals surface area contributed by atoms with Crippen molar-refractivity contribution < 1.29 is 9.53 Å². The van der Waals surface area contributed by atoms with Crippen LogP contribution in [-0.4, -0.2) is 62.5 Å². The second-order valence-electron chi connectivity index (χ2n) is 9.07. The number of hydrogen-bond donors (Lipinski definition) is 1. The molecular formula is C26H34N6O2S. The third kappa shape index (κ3) is 6.35. The van der Waals surface area contributed by atoms with E-state index in [1.807, 2.05) is 23.1 Å². The van der Waals surface area contributed by atoms with E-state index >= 15 is 0 Å². The fourth-order valence-corrected chi connectivity index (χ4v) is 4.90. The van der Waals surface area contributed by atoms with Crippen molar-refractivity contribution in [1.29, 1.82) is 0 Å². The Bertz CT molecular complexity index is 1090. The average molecular weight is 495 g/mol. The van der Waals surface area contributed by atoms with Gasteiger partial charge in [0, 0.05) is 32.2 Å². The summed E-state index contributed by atoms with van der Waals surface area (Å²) in [6.07, 6.45) is 0. The molecule has 3 aromatic rings. The second-order valence-corrected chi connectivity index (χ2v) is 10.0. The smallest absolute Gasteiger partial charge is 0.233 e. The highest BCUT2D eigenvalue weighted by molar-refractivity contribution is 7.99. The summed E-state index contributed by atoms with van der Waals surface area (Å²) in [6, 6.07) is 18.8. The molecule has 1 aliphatic heterocycles. The van der Waals surface area contributed by atoms with Gasteiger partial charge in [-0.25, -0.2) is 4.68 Å². The molecule has 9 heteroatoms. The van der Waals surface area contributed by atoms with Crippen LogP contribution in [0.5, 0.6) is 5.75 Å². The van der Waals surface area contributed by atoms with Gasteiger partial charge in [-0.05, 0) is 36.1 Å². The highest BCUT2D eigenvalue weighted by Crippen LogP contribution is 2.23. The Labute approximate surface area is 211 Å². The lowest BCUT2D eigenvalue weighted by molar-refractivity contribution is -0.130. The number of thioether (sulfide) groups is 1. The van der Waals surface area contributed by atoms with Crippen molar-refractivity contribution in [3.63, 3.8) is 0 Å². The van der Waals surface area contributed by atoms with E-state index in [1.165, 1.54) is 27.6 Å². The summed E-state index contributed by atoms with van der Waals surface area (Å²) < 4.78 is 7.21. The fraction of sp³-hybridized carbons (Fsp3) is 0.423. The van der Waals surface area contributed by atoms with Gasteiger partial charge >= 0.3 is 0 Å². The van der Waals surface area contributed by atoms with Crippen molar-refractivity contribution in [1.82, 2.24) is 24.7 Å². The molecule has 1 aromatic heterocycles. The number of hydrogen-bond acceptors (Lipinski definition) is 7. The minimum absolute atomic E-state index is 0.0908. The van der Waals surface area contributed by atoms with Crippen LogP contribution in [-0.2, 0) is 11.4 Å². The number of ether oxygens (including phenoxy) is 1.